The molecule has 3 aromatic rings. The number of nitrogens with one attached hydrogen (secondary N) is 1. The number of benzene rings is 1. The van der Waals surface area contributed by atoms with Gasteiger partial charge in [-0.3, -0.25) is 9.48 Å². The normalized spacial score (nSPS) is 16.0. The summed E-state index contributed by atoms with van der Waals surface area (Å²) in [4.78, 5) is 15.3. The highest BCUT2D eigenvalue weighted by Crippen LogP contribution is 2.13. The Balaban J connectivity index is 1.83. The van der Waals surface area contributed by atoms with Crippen molar-refractivity contribution < 1.29 is 4.74 Å². The fourth-order valence-electron chi connectivity index (χ4n) is 3.14. The zero-order valence-corrected chi connectivity index (χ0v) is 14.2. The molecule has 0 spiro atoms. The smallest absolute Gasteiger partial charge is 0.276 e. The maximum absolute atomic E-state index is 12.4. The average molecular weight is 333 g/mol. The summed E-state index contributed by atoms with van der Waals surface area (Å²) in [5.74, 6) is 1.12. The van der Waals surface area contributed by atoms with E-state index in [0.717, 1.165) is 27.3 Å². The second-order valence-corrected chi connectivity index (χ2v) is 6.30. The maximum Gasteiger partial charge on any atom is 0.276 e. The molecule has 1 atom stereocenters. The van der Waals surface area contributed by atoms with Crippen molar-refractivity contribution in [1.82, 2.24) is 14.8 Å². The Hall–Kier alpha value is -3.08. The molecule has 0 radical (unpaired) electrons. The van der Waals surface area contributed by atoms with E-state index >= 15 is 0 Å². The molecule has 0 fully saturated rings. The van der Waals surface area contributed by atoms with Gasteiger partial charge in [-0.05, 0) is 29.7 Å². The molecule has 1 aliphatic carbocycles. The summed E-state index contributed by atoms with van der Waals surface area (Å²) in [6.45, 7) is 2.72. The van der Waals surface area contributed by atoms with E-state index in [-0.39, 0.29) is 5.56 Å². The van der Waals surface area contributed by atoms with Gasteiger partial charge in [-0.2, -0.15) is 5.10 Å². The number of hydrogen-bond donors (Lipinski definition) is 1. The summed E-state index contributed by atoms with van der Waals surface area (Å²) in [5.41, 5.74) is 1.42. The lowest BCUT2D eigenvalue weighted by atomic mass is 10.1. The van der Waals surface area contributed by atoms with Gasteiger partial charge in [0.1, 0.15) is 5.75 Å². The highest BCUT2D eigenvalue weighted by molar-refractivity contribution is 5.79. The molecule has 1 N–H and O–H groups in total. The lowest BCUT2D eigenvalue weighted by Gasteiger charge is -2.03. The summed E-state index contributed by atoms with van der Waals surface area (Å²) in [7, 11) is 1.65. The zero-order chi connectivity index (χ0) is 17.4. The Bertz CT molecular complexity index is 1130. The van der Waals surface area contributed by atoms with Gasteiger partial charge in [0.15, 0.2) is 5.52 Å². The van der Waals surface area contributed by atoms with Crippen LogP contribution in [-0.4, -0.2) is 21.9 Å². The van der Waals surface area contributed by atoms with Gasteiger partial charge in [0.05, 0.1) is 13.7 Å². The number of H-pyrrole nitrogens is 1. The Labute approximate surface area is 144 Å². The first-order valence-corrected chi connectivity index (χ1v) is 8.27. The molecule has 126 valence electrons. The molecule has 0 amide bonds. The predicted octanol–water partition coefficient (Wildman–Crippen LogP) is 1.55. The van der Waals surface area contributed by atoms with E-state index in [1.807, 2.05) is 47.3 Å². The minimum Gasteiger partial charge on any atom is -0.497 e. The summed E-state index contributed by atoms with van der Waals surface area (Å²) in [6.07, 6.45) is 10.1. The number of pyridine rings is 1. The van der Waals surface area contributed by atoms with Gasteiger partial charge >= 0.3 is 0 Å². The van der Waals surface area contributed by atoms with Crippen LogP contribution < -0.4 is 20.9 Å². The number of hydrogen-bond acceptors (Lipinski definition) is 3. The van der Waals surface area contributed by atoms with Gasteiger partial charge in [0, 0.05) is 22.2 Å². The highest BCUT2D eigenvalue weighted by atomic mass is 16.5. The summed E-state index contributed by atoms with van der Waals surface area (Å²) < 4.78 is 7.00. The first-order valence-electron chi connectivity index (χ1n) is 8.27. The van der Waals surface area contributed by atoms with E-state index in [1.165, 1.54) is 0 Å². The topological polar surface area (TPSA) is 59.9 Å². The number of nitrogens with zero attached hydrogens (tertiary/aromatic N) is 2. The molecular weight excluding hydrogens is 314 g/mol. The number of allylic oxidation sites excluding steroid dienone is 2. The Morgan fingerprint density at radius 3 is 2.84 bits per heavy atom. The predicted molar refractivity (Wildman–Crippen MR) is 98.9 cm³/mol. The van der Waals surface area contributed by atoms with E-state index < -0.39 is 0 Å². The monoisotopic (exact) mass is 333 g/mol. The first-order chi connectivity index (χ1) is 12.1. The van der Waals surface area contributed by atoms with Crippen molar-refractivity contribution >= 4 is 23.1 Å². The first kappa shape index (κ1) is 15.4. The van der Waals surface area contributed by atoms with Crippen molar-refractivity contribution in [3.63, 3.8) is 0 Å². The standard InChI is InChI=1S/C20H19N3O2/c1-13-4-3-5-18-16(10-13)17-12-23(22-19(17)20(24)21-18)11-14-6-8-15(25-2)9-7-14/h3-10,12-13H,11H2,1-2H3,(H,21,24). The molecular formula is C20H19N3O2. The Morgan fingerprint density at radius 1 is 1.28 bits per heavy atom. The quantitative estimate of drug-likeness (QED) is 0.791. The van der Waals surface area contributed by atoms with Crippen molar-refractivity contribution in [3.05, 3.63) is 69.1 Å². The summed E-state index contributed by atoms with van der Waals surface area (Å²) in [6, 6.07) is 7.85. The van der Waals surface area contributed by atoms with E-state index in [1.54, 1.807) is 7.11 Å². The third kappa shape index (κ3) is 2.89. The second-order valence-electron chi connectivity index (χ2n) is 6.30. The maximum atomic E-state index is 12.4. The third-order valence-corrected chi connectivity index (χ3v) is 4.42. The zero-order valence-electron chi connectivity index (χ0n) is 14.2. The molecule has 2 heterocycles. The van der Waals surface area contributed by atoms with Crippen molar-refractivity contribution in [3.8, 4) is 5.75 Å². The molecule has 0 saturated carbocycles. The van der Waals surface area contributed by atoms with E-state index in [2.05, 4.69) is 29.2 Å². The van der Waals surface area contributed by atoms with Gasteiger partial charge in [-0.15, -0.1) is 0 Å². The van der Waals surface area contributed by atoms with Crippen LogP contribution in [-0.2, 0) is 6.54 Å². The molecule has 5 nitrogen and oxygen atoms in total. The van der Waals surface area contributed by atoms with Crippen molar-refractivity contribution in [2.24, 2.45) is 5.92 Å². The highest BCUT2D eigenvalue weighted by Gasteiger charge is 2.10. The number of rotatable bonds is 3. The van der Waals surface area contributed by atoms with Crippen LogP contribution in [0.3, 0.4) is 0 Å². The molecule has 25 heavy (non-hydrogen) atoms. The molecule has 1 aliphatic rings. The van der Waals surface area contributed by atoms with Crippen LogP contribution in [0.25, 0.3) is 23.1 Å². The van der Waals surface area contributed by atoms with Crippen LogP contribution in [0.4, 0.5) is 0 Å². The van der Waals surface area contributed by atoms with Crippen LogP contribution >= 0.6 is 0 Å². The largest absolute Gasteiger partial charge is 0.497 e. The minimum absolute atomic E-state index is 0.158. The van der Waals surface area contributed by atoms with Crippen LogP contribution in [0.15, 0.2) is 47.4 Å². The molecule has 1 unspecified atom stereocenters. The fraction of sp³-hybridized carbons (Fsp3) is 0.200. The van der Waals surface area contributed by atoms with Crippen molar-refractivity contribution in [2.75, 3.05) is 7.11 Å². The van der Waals surface area contributed by atoms with Gasteiger partial charge in [0.2, 0.25) is 0 Å². The molecule has 4 rings (SSSR count). The van der Waals surface area contributed by atoms with E-state index in [0.29, 0.717) is 18.0 Å². The SMILES string of the molecule is COc1ccc(Cn2cc3c4c([nH]c(=O)c3n2)=CC=CC(C)C=4)cc1. The van der Waals surface area contributed by atoms with Crippen molar-refractivity contribution in [1.29, 1.82) is 0 Å². The van der Waals surface area contributed by atoms with Crippen molar-refractivity contribution in [2.45, 2.75) is 13.5 Å². The average Bonchev–Trinajstić information content (AvgIpc) is 2.94. The minimum atomic E-state index is -0.158. The van der Waals surface area contributed by atoms with Gasteiger partial charge < -0.3 is 9.72 Å². The summed E-state index contributed by atoms with van der Waals surface area (Å²) in [5, 5.41) is 7.26. The molecule has 0 aliphatic heterocycles. The lowest BCUT2D eigenvalue weighted by Crippen LogP contribution is -2.34. The molecule has 5 heteroatoms. The fourth-order valence-corrected chi connectivity index (χ4v) is 3.14. The number of ether oxygens (including phenoxy) is 1. The Kier molecular flexibility index (Phi) is 3.76. The Morgan fingerprint density at radius 2 is 2.08 bits per heavy atom. The van der Waals surface area contributed by atoms with Crippen LogP contribution in [0.2, 0.25) is 0 Å². The molecule has 1 aromatic carbocycles. The summed E-state index contributed by atoms with van der Waals surface area (Å²) >= 11 is 0. The molecule has 0 saturated heterocycles. The second kappa shape index (κ2) is 6.09. The number of fused-ring (bicyclic) bond motifs is 3. The van der Waals surface area contributed by atoms with E-state index in [9.17, 15) is 4.79 Å². The van der Waals surface area contributed by atoms with E-state index in [4.69, 9.17) is 4.74 Å². The molecule has 2 aromatic heterocycles. The van der Waals surface area contributed by atoms with Gasteiger partial charge in [-0.25, -0.2) is 0 Å². The van der Waals surface area contributed by atoms with Gasteiger partial charge in [0.25, 0.3) is 5.56 Å². The van der Waals surface area contributed by atoms with Gasteiger partial charge in [-0.1, -0.05) is 37.3 Å². The lowest BCUT2D eigenvalue weighted by molar-refractivity contribution is 0.414. The molecule has 0 bridgehead atoms. The number of aromatic amines is 1. The van der Waals surface area contributed by atoms with Crippen LogP contribution in [0.5, 0.6) is 5.75 Å². The number of methoxy groups -OCH3 is 1. The number of aromatic nitrogens is 3. The van der Waals surface area contributed by atoms with Crippen LogP contribution in [0, 0.1) is 5.92 Å². The van der Waals surface area contributed by atoms with Crippen LogP contribution in [0.1, 0.15) is 12.5 Å². The third-order valence-electron chi connectivity index (χ3n) is 4.42.